The second-order valence-corrected chi connectivity index (χ2v) is 5.56. The Hall–Kier alpha value is -0.900. The molecule has 0 aliphatic rings. The van der Waals surface area contributed by atoms with Crippen LogP contribution in [0.2, 0.25) is 0 Å². The second-order valence-electron chi connectivity index (χ2n) is 4.64. The van der Waals surface area contributed by atoms with Gasteiger partial charge in [-0.25, -0.2) is 9.98 Å². The first kappa shape index (κ1) is 20.1. The maximum atomic E-state index is 11.5. The van der Waals surface area contributed by atoms with E-state index in [1.807, 2.05) is 18.5 Å². The van der Waals surface area contributed by atoms with Crippen molar-refractivity contribution in [2.24, 2.45) is 4.99 Å². The van der Waals surface area contributed by atoms with Crippen LogP contribution in [0.4, 0.5) is 0 Å². The Balaban J connectivity index is 0.00000400. The number of thiazole rings is 1. The lowest BCUT2D eigenvalue weighted by atomic mass is 10.2. The predicted octanol–water partition coefficient (Wildman–Crippen LogP) is 1.51. The highest BCUT2D eigenvalue weighted by molar-refractivity contribution is 14.0. The number of nitrogens with zero attached hydrogens (tertiary/aromatic N) is 3. The molecule has 6 nitrogen and oxygen atoms in total. The van der Waals surface area contributed by atoms with Gasteiger partial charge in [0.15, 0.2) is 5.96 Å². The third-order valence-electron chi connectivity index (χ3n) is 2.66. The fourth-order valence-electron chi connectivity index (χ4n) is 1.44. The minimum Gasteiger partial charge on any atom is -0.357 e. The smallest absolute Gasteiger partial charge is 0.243 e. The maximum absolute atomic E-state index is 11.5. The molecule has 1 amide bonds. The summed E-state index contributed by atoms with van der Waals surface area (Å²) in [5.74, 6) is 0.949. The SMILES string of the molecule is CCNC(=NCC(=O)N(C)C)NCC(C)c1nccs1.I. The highest BCUT2D eigenvalue weighted by Gasteiger charge is 2.09. The number of rotatable bonds is 6. The zero-order chi connectivity index (χ0) is 15.0. The van der Waals surface area contributed by atoms with E-state index in [9.17, 15) is 4.79 Å². The van der Waals surface area contributed by atoms with E-state index in [1.54, 1.807) is 25.4 Å². The number of amides is 1. The number of nitrogens with one attached hydrogen (secondary N) is 2. The summed E-state index contributed by atoms with van der Waals surface area (Å²) >= 11 is 1.65. The van der Waals surface area contributed by atoms with E-state index in [0.29, 0.717) is 11.9 Å². The molecule has 0 saturated heterocycles. The van der Waals surface area contributed by atoms with Crippen molar-refractivity contribution >= 4 is 47.2 Å². The molecule has 0 spiro atoms. The number of aliphatic imine (C=N–C) groups is 1. The van der Waals surface area contributed by atoms with E-state index >= 15 is 0 Å². The van der Waals surface area contributed by atoms with E-state index < -0.39 is 0 Å². The average molecular weight is 425 g/mol. The van der Waals surface area contributed by atoms with Gasteiger partial charge in [0.25, 0.3) is 0 Å². The molecule has 0 aliphatic heterocycles. The fraction of sp³-hybridized carbons (Fsp3) is 0.615. The van der Waals surface area contributed by atoms with Crippen molar-refractivity contribution in [1.29, 1.82) is 0 Å². The number of hydrogen-bond acceptors (Lipinski definition) is 4. The Labute approximate surface area is 147 Å². The molecular formula is C13H24IN5OS. The Morgan fingerprint density at radius 1 is 1.48 bits per heavy atom. The quantitative estimate of drug-likeness (QED) is 0.412. The van der Waals surface area contributed by atoms with E-state index in [2.05, 4.69) is 27.5 Å². The van der Waals surface area contributed by atoms with Gasteiger partial charge in [0.1, 0.15) is 6.54 Å². The van der Waals surface area contributed by atoms with Crippen LogP contribution in [-0.4, -0.2) is 55.5 Å². The summed E-state index contributed by atoms with van der Waals surface area (Å²) in [5.41, 5.74) is 0. The summed E-state index contributed by atoms with van der Waals surface area (Å²) in [4.78, 5) is 21.6. The number of halogens is 1. The number of aromatic nitrogens is 1. The Morgan fingerprint density at radius 3 is 2.71 bits per heavy atom. The van der Waals surface area contributed by atoms with Crippen molar-refractivity contribution in [2.45, 2.75) is 19.8 Å². The van der Waals surface area contributed by atoms with Gasteiger partial charge >= 0.3 is 0 Å². The van der Waals surface area contributed by atoms with Gasteiger partial charge in [-0.3, -0.25) is 4.79 Å². The highest BCUT2D eigenvalue weighted by Crippen LogP contribution is 2.16. The molecule has 1 aromatic heterocycles. The highest BCUT2D eigenvalue weighted by atomic mass is 127. The standard InChI is InChI=1S/C13H23N5OS.HI/c1-5-14-13(17-9-11(19)18(3)4)16-8-10(2)12-15-6-7-20-12;/h6-7,10H,5,8-9H2,1-4H3,(H2,14,16,17);1H. The van der Waals surface area contributed by atoms with Crippen molar-refractivity contribution in [1.82, 2.24) is 20.5 Å². The number of likely N-dealkylation sites (N-methyl/N-ethyl adjacent to an activating group) is 1. The Bertz CT molecular complexity index is 436. The first-order valence-electron chi connectivity index (χ1n) is 6.66. The summed E-state index contributed by atoms with van der Waals surface area (Å²) in [7, 11) is 3.45. The molecule has 120 valence electrons. The Kier molecular flexibility index (Phi) is 10.3. The third kappa shape index (κ3) is 7.60. The van der Waals surface area contributed by atoms with Crippen LogP contribution in [0.15, 0.2) is 16.6 Å². The van der Waals surface area contributed by atoms with Crippen LogP contribution < -0.4 is 10.6 Å². The molecule has 0 radical (unpaired) electrons. The van der Waals surface area contributed by atoms with Crippen LogP contribution in [0.1, 0.15) is 24.8 Å². The lowest BCUT2D eigenvalue weighted by molar-refractivity contribution is -0.127. The van der Waals surface area contributed by atoms with Gasteiger partial charge in [0.05, 0.1) is 5.01 Å². The van der Waals surface area contributed by atoms with Crippen LogP contribution in [0.25, 0.3) is 0 Å². The molecule has 8 heteroatoms. The van der Waals surface area contributed by atoms with Crippen molar-refractivity contribution in [2.75, 3.05) is 33.7 Å². The molecule has 0 aromatic carbocycles. The molecule has 1 rings (SSSR count). The molecule has 1 heterocycles. The zero-order valence-corrected chi connectivity index (χ0v) is 16.1. The van der Waals surface area contributed by atoms with Crippen molar-refractivity contribution < 1.29 is 4.79 Å². The minimum atomic E-state index is -0.0184. The van der Waals surface area contributed by atoms with Gasteiger partial charge in [0.2, 0.25) is 5.91 Å². The van der Waals surface area contributed by atoms with Crippen LogP contribution in [0, 0.1) is 0 Å². The largest absolute Gasteiger partial charge is 0.357 e. The second kappa shape index (κ2) is 10.8. The molecule has 0 saturated carbocycles. The lowest BCUT2D eigenvalue weighted by Crippen LogP contribution is -2.40. The number of guanidine groups is 1. The van der Waals surface area contributed by atoms with Crippen LogP contribution >= 0.6 is 35.3 Å². The van der Waals surface area contributed by atoms with E-state index in [4.69, 9.17) is 0 Å². The van der Waals surface area contributed by atoms with Crippen molar-refractivity contribution in [3.05, 3.63) is 16.6 Å². The summed E-state index contributed by atoms with van der Waals surface area (Å²) in [5, 5.41) is 9.43. The van der Waals surface area contributed by atoms with Gasteiger partial charge in [-0.2, -0.15) is 0 Å². The molecule has 1 unspecified atom stereocenters. The molecule has 1 aromatic rings. The summed E-state index contributed by atoms with van der Waals surface area (Å²) in [6.07, 6.45) is 1.81. The normalized spacial score (nSPS) is 12.3. The van der Waals surface area contributed by atoms with Crippen LogP contribution in [-0.2, 0) is 4.79 Å². The third-order valence-corrected chi connectivity index (χ3v) is 3.67. The van der Waals surface area contributed by atoms with Crippen LogP contribution in [0.5, 0.6) is 0 Å². The number of carbonyl (C=O) groups excluding carboxylic acids is 1. The molecule has 0 aliphatic carbocycles. The zero-order valence-electron chi connectivity index (χ0n) is 12.9. The van der Waals surface area contributed by atoms with Crippen molar-refractivity contribution in [3.63, 3.8) is 0 Å². The van der Waals surface area contributed by atoms with E-state index in [-0.39, 0.29) is 36.4 Å². The van der Waals surface area contributed by atoms with Crippen molar-refractivity contribution in [3.8, 4) is 0 Å². The maximum Gasteiger partial charge on any atom is 0.243 e. The van der Waals surface area contributed by atoms with E-state index in [1.165, 1.54) is 4.90 Å². The lowest BCUT2D eigenvalue weighted by Gasteiger charge is -2.15. The summed E-state index contributed by atoms with van der Waals surface area (Å²) < 4.78 is 0. The topological polar surface area (TPSA) is 69.6 Å². The molecule has 21 heavy (non-hydrogen) atoms. The van der Waals surface area contributed by atoms with Gasteiger partial charge < -0.3 is 15.5 Å². The first-order valence-corrected chi connectivity index (χ1v) is 7.54. The monoisotopic (exact) mass is 425 g/mol. The average Bonchev–Trinajstić information content (AvgIpc) is 2.95. The molecule has 1 atom stereocenters. The Morgan fingerprint density at radius 2 is 2.19 bits per heavy atom. The molecule has 2 N–H and O–H groups in total. The predicted molar refractivity (Wildman–Crippen MR) is 98.6 cm³/mol. The first-order chi connectivity index (χ1) is 9.54. The summed E-state index contributed by atoms with van der Waals surface area (Å²) in [6, 6.07) is 0. The van der Waals surface area contributed by atoms with Gasteiger partial charge in [0, 0.05) is 44.7 Å². The molecular weight excluding hydrogens is 401 g/mol. The number of hydrogen-bond donors (Lipinski definition) is 2. The molecule has 0 fully saturated rings. The fourth-order valence-corrected chi connectivity index (χ4v) is 2.14. The summed E-state index contributed by atoms with van der Waals surface area (Å²) in [6.45, 7) is 5.74. The van der Waals surface area contributed by atoms with Crippen LogP contribution in [0.3, 0.4) is 0 Å². The molecule has 0 bridgehead atoms. The number of carbonyl (C=O) groups is 1. The van der Waals surface area contributed by atoms with Gasteiger partial charge in [-0.1, -0.05) is 6.92 Å². The van der Waals surface area contributed by atoms with E-state index in [0.717, 1.165) is 18.1 Å². The van der Waals surface area contributed by atoms with Gasteiger partial charge in [-0.05, 0) is 6.92 Å². The minimum absolute atomic E-state index is 0. The van der Waals surface area contributed by atoms with Gasteiger partial charge in [-0.15, -0.1) is 35.3 Å².